The Bertz CT molecular complexity index is 151. The van der Waals surface area contributed by atoms with E-state index < -0.39 is 0 Å². The van der Waals surface area contributed by atoms with Crippen molar-refractivity contribution in [3.63, 3.8) is 0 Å². The number of nitrogens with one attached hydrogen (secondary N) is 1. The van der Waals surface area contributed by atoms with E-state index >= 15 is 0 Å². The van der Waals surface area contributed by atoms with Crippen molar-refractivity contribution in [3.05, 3.63) is 0 Å². The van der Waals surface area contributed by atoms with E-state index in [1.807, 2.05) is 0 Å². The number of ether oxygens (including phenoxy) is 1. The molecule has 0 amide bonds. The van der Waals surface area contributed by atoms with Crippen molar-refractivity contribution >= 4 is 0 Å². The fourth-order valence-electron chi connectivity index (χ4n) is 1.42. The van der Waals surface area contributed by atoms with Crippen molar-refractivity contribution in [3.8, 4) is 0 Å². The van der Waals surface area contributed by atoms with Crippen LogP contribution in [0.4, 0.5) is 0 Å². The Morgan fingerprint density at radius 3 is 2.69 bits per heavy atom. The molecule has 1 saturated heterocycles. The van der Waals surface area contributed by atoms with E-state index in [0.29, 0.717) is 5.92 Å². The van der Waals surface area contributed by atoms with Crippen LogP contribution >= 0.6 is 0 Å². The highest BCUT2D eigenvalue weighted by Crippen LogP contribution is 2.18. The lowest BCUT2D eigenvalue weighted by Crippen LogP contribution is -2.53. The monoisotopic (exact) mass is 186 g/mol. The molecule has 0 aromatic heterocycles. The predicted molar refractivity (Wildman–Crippen MR) is 54.7 cm³/mol. The van der Waals surface area contributed by atoms with E-state index in [0.717, 1.165) is 26.1 Å². The van der Waals surface area contributed by atoms with Crippen molar-refractivity contribution in [2.24, 2.45) is 5.92 Å². The number of rotatable bonds is 3. The van der Waals surface area contributed by atoms with Gasteiger partial charge >= 0.3 is 0 Å². The maximum atomic E-state index is 5.79. The molecule has 0 aromatic rings. The smallest absolute Gasteiger partial charge is 0.117 e. The molecule has 13 heavy (non-hydrogen) atoms. The lowest BCUT2D eigenvalue weighted by molar-refractivity contribution is -0.107. The van der Waals surface area contributed by atoms with Gasteiger partial charge in [-0.15, -0.1) is 0 Å². The van der Waals surface area contributed by atoms with Crippen LogP contribution in [0.25, 0.3) is 0 Å². The zero-order chi connectivity index (χ0) is 9.90. The summed E-state index contributed by atoms with van der Waals surface area (Å²) in [5.41, 5.74) is -0.100. The predicted octanol–water partition coefficient (Wildman–Crippen LogP) is 0.910. The molecule has 3 heteroatoms. The molecule has 1 aliphatic heterocycles. The normalized spacial score (nSPS) is 35.3. The topological polar surface area (TPSA) is 24.5 Å². The van der Waals surface area contributed by atoms with Gasteiger partial charge in [0.2, 0.25) is 0 Å². The first-order valence-corrected chi connectivity index (χ1v) is 5.05. The molecule has 3 nitrogen and oxygen atoms in total. The van der Waals surface area contributed by atoms with Gasteiger partial charge in [0, 0.05) is 19.5 Å². The van der Waals surface area contributed by atoms with Gasteiger partial charge in [0.1, 0.15) is 5.72 Å². The highest BCUT2D eigenvalue weighted by Gasteiger charge is 2.29. The molecule has 1 heterocycles. The summed E-state index contributed by atoms with van der Waals surface area (Å²) in [4.78, 5) is 2.19. The summed E-state index contributed by atoms with van der Waals surface area (Å²) in [6, 6.07) is 0. The number of hydrogen-bond donors (Lipinski definition) is 1. The largest absolute Gasteiger partial charge is 0.361 e. The molecular weight excluding hydrogens is 164 g/mol. The van der Waals surface area contributed by atoms with Crippen LogP contribution in [0.5, 0.6) is 0 Å². The quantitative estimate of drug-likeness (QED) is 0.709. The first kappa shape index (κ1) is 11.0. The van der Waals surface area contributed by atoms with E-state index in [-0.39, 0.29) is 5.72 Å². The maximum Gasteiger partial charge on any atom is 0.117 e. The molecule has 1 rings (SSSR count). The van der Waals surface area contributed by atoms with Gasteiger partial charge < -0.3 is 9.64 Å². The van der Waals surface area contributed by atoms with Gasteiger partial charge in [-0.25, -0.2) is 0 Å². The molecule has 2 atom stereocenters. The molecular formula is C10H22N2O. The number of nitrogens with zero attached hydrogens (tertiary/aromatic N) is 1. The number of hydrogen-bond acceptors (Lipinski definition) is 3. The first-order chi connectivity index (χ1) is 6.02. The van der Waals surface area contributed by atoms with Crippen LogP contribution in [0.3, 0.4) is 0 Å². The van der Waals surface area contributed by atoms with Crippen molar-refractivity contribution in [2.75, 3.05) is 33.8 Å². The summed E-state index contributed by atoms with van der Waals surface area (Å²) < 4.78 is 5.79. The van der Waals surface area contributed by atoms with Gasteiger partial charge in [-0.3, -0.25) is 5.32 Å². The lowest BCUT2D eigenvalue weighted by atomic mass is 10.1. The van der Waals surface area contributed by atoms with Crippen LogP contribution in [-0.4, -0.2) is 44.4 Å². The fraction of sp³-hybridized carbons (Fsp3) is 1.00. The SMILES string of the molecule is CC1CNC(C)(CCN(C)C)OC1. The summed E-state index contributed by atoms with van der Waals surface area (Å²) in [7, 11) is 4.18. The van der Waals surface area contributed by atoms with Gasteiger partial charge in [0.25, 0.3) is 0 Å². The summed E-state index contributed by atoms with van der Waals surface area (Å²) in [5.74, 6) is 0.646. The molecule has 0 aliphatic carbocycles. The third-order valence-electron chi connectivity index (χ3n) is 2.55. The van der Waals surface area contributed by atoms with Gasteiger partial charge in [0.05, 0.1) is 6.61 Å². The van der Waals surface area contributed by atoms with E-state index in [1.165, 1.54) is 0 Å². The second-order valence-corrected chi connectivity index (χ2v) is 4.58. The lowest BCUT2D eigenvalue weighted by Gasteiger charge is -2.38. The minimum Gasteiger partial charge on any atom is -0.361 e. The Morgan fingerprint density at radius 1 is 1.54 bits per heavy atom. The van der Waals surface area contributed by atoms with E-state index in [9.17, 15) is 0 Å². The summed E-state index contributed by atoms with van der Waals surface area (Å²) in [6.45, 7) is 7.37. The minimum atomic E-state index is -0.100. The van der Waals surface area contributed by atoms with E-state index in [4.69, 9.17) is 4.74 Å². The Kier molecular flexibility index (Phi) is 3.71. The van der Waals surface area contributed by atoms with Crippen LogP contribution in [0.2, 0.25) is 0 Å². The first-order valence-electron chi connectivity index (χ1n) is 5.05. The summed E-state index contributed by atoms with van der Waals surface area (Å²) in [5, 5.41) is 3.45. The average Bonchev–Trinajstić information content (AvgIpc) is 2.08. The van der Waals surface area contributed by atoms with Crippen LogP contribution in [0.15, 0.2) is 0 Å². The Morgan fingerprint density at radius 2 is 2.23 bits per heavy atom. The molecule has 0 aromatic carbocycles. The Balaban J connectivity index is 2.30. The van der Waals surface area contributed by atoms with Crippen LogP contribution in [0, 0.1) is 5.92 Å². The molecule has 1 aliphatic rings. The second kappa shape index (κ2) is 4.40. The third-order valence-corrected chi connectivity index (χ3v) is 2.55. The second-order valence-electron chi connectivity index (χ2n) is 4.58. The summed E-state index contributed by atoms with van der Waals surface area (Å²) in [6.07, 6.45) is 1.05. The van der Waals surface area contributed by atoms with Crippen molar-refractivity contribution in [2.45, 2.75) is 26.0 Å². The Hall–Kier alpha value is -0.120. The van der Waals surface area contributed by atoms with Gasteiger partial charge in [-0.2, -0.15) is 0 Å². The van der Waals surface area contributed by atoms with Crippen LogP contribution < -0.4 is 5.32 Å². The van der Waals surface area contributed by atoms with Crippen molar-refractivity contribution < 1.29 is 4.74 Å². The highest BCUT2D eigenvalue weighted by atomic mass is 16.5. The molecule has 0 bridgehead atoms. The van der Waals surface area contributed by atoms with Gasteiger partial charge in [-0.05, 0) is 26.9 Å². The van der Waals surface area contributed by atoms with Crippen molar-refractivity contribution in [1.29, 1.82) is 0 Å². The molecule has 78 valence electrons. The van der Waals surface area contributed by atoms with Crippen LogP contribution in [0.1, 0.15) is 20.3 Å². The molecule has 1 N–H and O–H groups in total. The maximum absolute atomic E-state index is 5.79. The zero-order valence-electron chi connectivity index (χ0n) is 9.26. The zero-order valence-corrected chi connectivity index (χ0v) is 9.26. The standard InChI is InChI=1S/C10H22N2O/c1-9-7-11-10(2,13-8-9)5-6-12(3)4/h9,11H,5-8H2,1-4H3. The third kappa shape index (κ3) is 3.63. The molecule has 2 unspecified atom stereocenters. The average molecular weight is 186 g/mol. The van der Waals surface area contributed by atoms with Gasteiger partial charge in [-0.1, -0.05) is 6.92 Å². The molecule has 0 spiro atoms. The minimum absolute atomic E-state index is 0.100. The fourth-order valence-corrected chi connectivity index (χ4v) is 1.42. The van der Waals surface area contributed by atoms with Crippen molar-refractivity contribution in [1.82, 2.24) is 10.2 Å². The molecule has 1 fully saturated rings. The molecule has 0 saturated carbocycles. The molecule has 0 radical (unpaired) electrons. The highest BCUT2D eigenvalue weighted by molar-refractivity contribution is 4.79. The summed E-state index contributed by atoms with van der Waals surface area (Å²) >= 11 is 0. The Labute approximate surface area is 81.4 Å². The van der Waals surface area contributed by atoms with Crippen LogP contribution in [-0.2, 0) is 4.74 Å². The van der Waals surface area contributed by atoms with E-state index in [2.05, 4.69) is 38.2 Å². The van der Waals surface area contributed by atoms with E-state index in [1.54, 1.807) is 0 Å². The van der Waals surface area contributed by atoms with Gasteiger partial charge in [0.15, 0.2) is 0 Å².